The molecule has 3 unspecified atom stereocenters. The molecule has 2 fully saturated rings. The summed E-state index contributed by atoms with van der Waals surface area (Å²) in [6, 6.07) is 8.16. The van der Waals surface area contributed by atoms with E-state index in [4.69, 9.17) is 9.73 Å². The molecule has 2 N–H and O–H groups in total. The highest BCUT2D eigenvalue weighted by atomic mass is 16.5. The Morgan fingerprint density at radius 3 is 2.58 bits per heavy atom. The van der Waals surface area contributed by atoms with Crippen LogP contribution in [-0.2, 0) is 4.79 Å². The van der Waals surface area contributed by atoms with Gasteiger partial charge in [-0.05, 0) is 18.7 Å². The Kier molecular flexibility index (Phi) is 6.28. The monoisotopic (exact) mass is 430 g/mol. The number of hydrogen-bond acceptors (Lipinski definition) is 8. The largest absolute Gasteiger partial charge is 0.491 e. The number of para-hydroxylation sites is 1. The lowest BCUT2D eigenvalue weighted by atomic mass is 10.1. The number of likely N-dealkylation sites (N-methyl/N-ethyl adjacent to an activating group) is 2. The molecule has 3 amide bonds. The third-order valence-corrected chi connectivity index (χ3v) is 6.03. The Bertz CT molecular complexity index is 826. The smallest absolute Gasteiger partial charge is 0.325 e. The molecule has 0 aliphatic carbocycles. The number of aliphatic hydroxyl groups is 1. The molecule has 0 radical (unpaired) electrons. The van der Waals surface area contributed by atoms with Crippen LogP contribution in [0.3, 0.4) is 0 Å². The van der Waals surface area contributed by atoms with E-state index < -0.39 is 30.2 Å². The summed E-state index contributed by atoms with van der Waals surface area (Å²) in [6.07, 6.45) is -1.44. The maximum Gasteiger partial charge on any atom is 0.325 e. The Labute approximate surface area is 182 Å². The van der Waals surface area contributed by atoms with Crippen molar-refractivity contribution in [3.8, 4) is 5.75 Å². The highest BCUT2D eigenvalue weighted by Crippen LogP contribution is 2.26. The molecule has 31 heavy (non-hydrogen) atoms. The minimum Gasteiger partial charge on any atom is -0.491 e. The number of benzene rings is 1. The van der Waals surface area contributed by atoms with E-state index in [1.54, 1.807) is 7.05 Å². The number of nitrogens with one attached hydrogen (secondary N) is 1. The summed E-state index contributed by atoms with van der Waals surface area (Å²) >= 11 is 0. The van der Waals surface area contributed by atoms with Crippen LogP contribution in [0.4, 0.5) is 4.79 Å². The van der Waals surface area contributed by atoms with Crippen molar-refractivity contribution in [1.82, 2.24) is 24.9 Å². The first-order valence-electron chi connectivity index (χ1n) is 10.7. The van der Waals surface area contributed by atoms with E-state index in [9.17, 15) is 14.7 Å². The Morgan fingerprint density at radius 1 is 1.19 bits per heavy atom. The molecule has 10 heteroatoms. The number of β-amino-alcohol motifs (C(OH)–C–C–N with tert-alkyl or cyclic N) is 1. The van der Waals surface area contributed by atoms with Crippen molar-refractivity contribution in [3.63, 3.8) is 0 Å². The molecule has 3 aliphatic heterocycles. The fraction of sp³-hybridized carbons (Fsp3) is 0.571. The van der Waals surface area contributed by atoms with Crippen molar-refractivity contribution < 1.29 is 19.4 Å². The first-order valence-corrected chi connectivity index (χ1v) is 10.7. The van der Waals surface area contributed by atoms with Gasteiger partial charge < -0.3 is 29.4 Å². The zero-order valence-corrected chi connectivity index (χ0v) is 18.0. The van der Waals surface area contributed by atoms with Crippen LogP contribution in [0.15, 0.2) is 35.3 Å². The lowest BCUT2D eigenvalue weighted by molar-refractivity contribution is -0.127. The molecule has 0 saturated carbocycles. The molecule has 1 aromatic rings. The van der Waals surface area contributed by atoms with E-state index in [1.165, 1.54) is 4.90 Å². The van der Waals surface area contributed by atoms with Crippen molar-refractivity contribution in [2.24, 2.45) is 4.99 Å². The van der Waals surface area contributed by atoms with Gasteiger partial charge in [-0.1, -0.05) is 25.1 Å². The maximum absolute atomic E-state index is 12.7. The summed E-state index contributed by atoms with van der Waals surface area (Å²) in [4.78, 5) is 37.4. The number of guanidine groups is 1. The maximum atomic E-state index is 12.7. The number of carbonyl (C=O) groups is 2. The second-order valence-electron chi connectivity index (χ2n) is 8.04. The highest BCUT2D eigenvalue weighted by Gasteiger charge is 2.50. The lowest BCUT2D eigenvalue weighted by Gasteiger charge is -2.40. The van der Waals surface area contributed by atoms with E-state index in [1.807, 2.05) is 35.2 Å². The zero-order valence-electron chi connectivity index (χ0n) is 18.0. The van der Waals surface area contributed by atoms with Gasteiger partial charge >= 0.3 is 6.03 Å². The van der Waals surface area contributed by atoms with Crippen LogP contribution in [0, 0.1) is 0 Å². The summed E-state index contributed by atoms with van der Waals surface area (Å²) in [6.45, 7) is 6.75. The number of hydrogen-bond donors (Lipinski definition) is 2. The van der Waals surface area contributed by atoms with Gasteiger partial charge in [0.1, 0.15) is 18.5 Å². The first kappa shape index (κ1) is 21.4. The van der Waals surface area contributed by atoms with E-state index in [0.717, 1.165) is 32.7 Å². The number of amides is 3. The van der Waals surface area contributed by atoms with Crippen LogP contribution in [0.25, 0.3) is 0 Å². The Morgan fingerprint density at radius 2 is 1.90 bits per heavy atom. The van der Waals surface area contributed by atoms with Crippen LogP contribution in [0.1, 0.15) is 6.92 Å². The Balaban J connectivity index is 1.50. The van der Waals surface area contributed by atoms with E-state index >= 15 is 0 Å². The van der Waals surface area contributed by atoms with Gasteiger partial charge in [-0.2, -0.15) is 0 Å². The van der Waals surface area contributed by atoms with E-state index in [2.05, 4.69) is 22.0 Å². The number of piperazine rings is 1. The second kappa shape index (κ2) is 9.11. The van der Waals surface area contributed by atoms with Gasteiger partial charge in [-0.15, -0.1) is 0 Å². The number of carbonyl (C=O) groups excluding carboxylic acids is 2. The van der Waals surface area contributed by atoms with Crippen LogP contribution < -0.4 is 10.1 Å². The van der Waals surface area contributed by atoms with Crippen molar-refractivity contribution in [2.75, 3.05) is 52.9 Å². The lowest BCUT2D eigenvalue weighted by Crippen LogP contribution is -2.65. The highest BCUT2D eigenvalue weighted by molar-refractivity contribution is 6.03. The van der Waals surface area contributed by atoms with Gasteiger partial charge in [0.05, 0.1) is 6.54 Å². The molecule has 10 nitrogen and oxygen atoms in total. The minimum atomic E-state index is -0.836. The number of aliphatic hydroxyl groups excluding tert-OH is 1. The summed E-state index contributed by atoms with van der Waals surface area (Å²) in [5.74, 6) is 0.933. The van der Waals surface area contributed by atoms with Crippen LogP contribution in [0.5, 0.6) is 5.75 Å². The summed E-state index contributed by atoms with van der Waals surface area (Å²) in [5.41, 5.74) is 0. The SMILES string of the molecule is CCN1CCN(C2=NC3C(C(=O)NC(=O)N3C)N2CC(O)COc2ccccc2)CC1. The molecule has 0 aromatic heterocycles. The van der Waals surface area contributed by atoms with Crippen molar-refractivity contribution in [2.45, 2.75) is 25.2 Å². The molecule has 2 saturated heterocycles. The number of nitrogens with zero attached hydrogens (tertiary/aromatic N) is 5. The molecule has 3 heterocycles. The van der Waals surface area contributed by atoms with Crippen molar-refractivity contribution >= 4 is 17.9 Å². The fourth-order valence-corrected chi connectivity index (χ4v) is 4.22. The molecular formula is C21H30N6O4. The van der Waals surface area contributed by atoms with E-state index in [-0.39, 0.29) is 13.2 Å². The van der Waals surface area contributed by atoms with Crippen LogP contribution in [0.2, 0.25) is 0 Å². The number of ether oxygens (including phenoxy) is 1. The van der Waals surface area contributed by atoms with Gasteiger partial charge in [-0.25, -0.2) is 9.79 Å². The standard InChI is InChI=1S/C21H30N6O4/c1-3-25-9-11-26(12-10-25)20-22-18-17(19(29)23-21(30)24(18)2)27(20)13-15(28)14-31-16-7-5-4-6-8-16/h4-8,15,17-18,28H,3,9-14H2,1-2H3,(H,23,29,30). The third kappa shape index (κ3) is 4.45. The number of urea groups is 1. The van der Waals surface area contributed by atoms with Crippen molar-refractivity contribution in [1.29, 1.82) is 0 Å². The third-order valence-electron chi connectivity index (χ3n) is 6.03. The van der Waals surface area contributed by atoms with Gasteiger partial charge in [0, 0.05) is 33.2 Å². The predicted octanol–water partition coefficient (Wildman–Crippen LogP) is -0.388. The zero-order chi connectivity index (χ0) is 22.0. The molecule has 0 spiro atoms. The first-order chi connectivity index (χ1) is 15.0. The van der Waals surface area contributed by atoms with Crippen molar-refractivity contribution in [3.05, 3.63) is 30.3 Å². The fourth-order valence-electron chi connectivity index (χ4n) is 4.22. The Hall–Kier alpha value is -2.85. The molecule has 3 atom stereocenters. The van der Waals surface area contributed by atoms with Gasteiger partial charge in [-0.3, -0.25) is 10.1 Å². The van der Waals surface area contributed by atoms with Gasteiger partial charge in [0.25, 0.3) is 5.91 Å². The quantitative estimate of drug-likeness (QED) is 0.634. The van der Waals surface area contributed by atoms with Crippen LogP contribution in [-0.4, -0.2) is 114 Å². The number of imide groups is 1. The summed E-state index contributed by atoms with van der Waals surface area (Å²) in [5, 5.41) is 13.1. The number of aliphatic imine (C=N–C) groups is 1. The van der Waals surface area contributed by atoms with Gasteiger partial charge in [0.2, 0.25) is 0 Å². The van der Waals surface area contributed by atoms with Gasteiger partial charge in [0.15, 0.2) is 18.2 Å². The second-order valence-corrected chi connectivity index (χ2v) is 8.04. The molecule has 0 bridgehead atoms. The molecule has 4 rings (SSSR count). The molecule has 168 valence electrons. The van der Waals surface area contributed by atoms with Crippen LogP contribution >= 0.6 is 0 Å². The summed E-state index contributed by atoms with van der Waals surface area (Å²) < 4.78 is 5.69. The molecule has 3 aliphatic rings. The average Bonchev–Trinajstić information content (AvgIpc) is 3.16. The normalized spacial score (nSPS) is 25.3. The summed E-state index contributed by atoms with van der Waals surface area (Å²) in [7, 11) is 1.63. The molecule has 1 aromatic carbocycles. The molecular weight excluding hydrogens is 400 g/mol. The number of fused-ring (bicyclic) bond motifs is 1. The number of rotatable bonds is 6. The average molecular weight is 431 g/mol. The van der Waals surface area contributed by atoms with E-state index in [0.29, 0.717) is 11.7 Å². The topological polar surface area (TPSA) is 101 Å². The minimum absolute atomic E-state index is 0.0885. The predicted molar refractivity (Wildman–Crippen MR) is 115 cm³/mol.